The van der Waals surface area contributed by atoms with Crippen LogP contribution in [-0.4, -0.2) is 31.2 Å². The maximum Gasteiger partial charge on any atom is 0.0825 e. The number of quaternary nitrogens is 1. The molecule has 1 heterocycles. The minimum absolute atomic E-state index is 0.530. The Balaban J connectivity index is 1.79. The highest BCUT2D eigenvalue weighted by atomic mass is 15.3. The second-order valence-corrected chi connectivity index (χ2v) is 8.39. The molecule has 0 aliphatic carbocycles. The van der Waals surface area contributed by atoms with E-state index in [1.807, 2.05) is 0 Å². The highest BCUT2D eigenvalue weighted by molar-refractivity contribution is 5.27. The number of allylic oxidation sites excluding steroid dienone is 1. The van der Waals surface area contributed by atoms with Crippen molar-refractivity contribution < 1.29 is 4.48 Å². The molecule has 25 heavy (non-hydrogen) atoms. The van der Waals surface area contributed by atoms with Gasteiger partial charge in [0.1, 0.15) is 0 Å². The summed E-state index contributed by atoms with van der Waals surface area (Å²) in [6, 6.07) is 9.42. The number of likely N-dealkylation sites (tertiary alicyclic amines) is 1. The topological polar surface area (TPSA) is 0 Å². The smallest absolute Gasteiger partial charge is 0.0825 e. The molecule has 1 atom stereocenters. The van der Waals surface area contributed by atoms with E-state index < -0.39 is 0 Å². The zero-order valence-electron chi connectivity index (χ0n) is 16.8. The third kappa shape index (κ3) is 6.98. The Hall–Kier alpha value is -1.08. The van der Waals surface area contributed by atoms with Crippen molar-refractivity contribution in [1.29, 1.82) is 0 Å². The Labute approximate surface area is 156 Å². The summed E-state index contributed by atoms with van der Waals surface area (Å²) in [6.07, 6.45) is 15.7. The molecule has 1 aliphatic heterocycles. The Kier molecular flexibility index (Phi) is 8.75. The molecule has 1 aromatic carbocycles. The van der Waals surface area contributed by atoms with E-state index >= 15 is 0 Å². The van der Waals surface area contributed by atoms with Gasteiger partial charge in [-0.05, 0) is 36.8 Å². The van der Waals surface area contributed by atoms with E-state index in [9.17, 15) is 0 Å². The second kappa shape index (κ2) is 10.8. The summed E-state index contributed by atoms with van der Waals surface area (Å²) in [5.41, 5.74) is 2.95. The number of nitrogens with zero attached hydrogens (tertiary/aromatic N) is 1. The van der Waals surface area contributed by atoms with E-state index in [1.54, 1.807) is 0 Å². The van der Waals surface area contributed by atoms with Crippen LogP contribution >= 0.6 is 0 Å². The molecule has 0 radical (unpaired) electrons. The number of hydrogen-bond acceptors (Lipinski definition) is 0. The third-order valence-electron chi connectivity index (χ3n) is 6.15. The first-order valence-electron chi connectivity index (χ1n) is 10.7. The van der Waals surface area contributed by atoms with E-state index in [2.05, 4.69) is 50.9 Å². The summed E-state index contributed by atoms with van der Waals surface area (Å²) in [6.45, 7) is 10.4. The van der Waals surface area contributed by atoms with Crippen LogP contribution in [0.4, 0.5) is 0 Å². The lowest BCUT2D eigenvalue weighted by atomic mass is 9.92. The van der Waals surface area contributed by atoms with Crippen molar-refractivity contribution in [2.45, 2.75) is 77.0 Å². The van der Waals surface area contributed by atoms with Crippen LogP contribution in [0, 0.1) is 0 Å². The average Bonchev–Trinajstić information content (AvgIpc) is 2.64. The Morgan fingerprint density at radius 2 is 1.68 bits per heavy atom. The summed E-state index contributed by atoms with van der Waals surface area (Å²) in [5.74, 6) is 0.530. The lowest BCUT2D eigenvalue weighted by Crippen LogP contribution is -2.49. The molecule has 1 heteroatoms. The van der Waals surface area contributed by atoms with Gasteiger partial charge in [0.25, 0.3) is 0 Å². The van der Waals surface area contributed by atoms with Gasteiger partial charge in [0.2, 0.25) is 0 Å². The highest BCUT2D eigenvalue weighted by Crippen LogP contribution is 2.25. The normalized spacial score (nSPS) is 18.0. The summed E-state index contributed by atoms with van der Waals surface area (Å²) < 4.78 is 1.27. The number of piperidine rings is 1. The standard InChI is InChI=1S/C24H40N/c1-4-6-7-8-10-13-23(5-2)24-16-14-22(15-17-24)18-21-25(3)19-11-9-12-20-25/h5,14-17,23H,2,4,6-13,18-21H2,1,3H3/q+1. The molecule has 0 N–H and O–H groups in total. The molecule has 1 fully saturated rings. The van der Waals surface area contributed by atoms with Crippen LogP contribution in [0.25, 0.3) is 0 Å². The van der Waals surface area contributed by atoms with Crippen LogP contribution in [0.2, 0.25) is 0 Å². The number of unbranched alkanes of at least 4 members (excludes halogenated alkanes) is 4. The van der Waals surface area contributed by atoms with Crippen molar-refractivity contribution >= 4 is 0 Å². The predicted molar refractivity (Wildman–Crippen MR) is 111 cm³/mol. The van der Waals surface area contributed by atoms with Gasteiger partial charge in [-0.25, -0.2) is 0 Å². The van der Waals surface area contributed by atoms with Gasteiger partial charge < -0.3 is 4.48 Å². The van der Waals surface area contributed by atoms with Gasteiger partial charge in [0.15, 0.2) is 0 Å². The third-order valence-corrected chi connectivity index (χ3v) is 6.15. The van der Waals surface area contributed by atoms with Crippen LogP contribution in [0.3, 0.4) is 0 Å². The molecular weight excluding hydrogens is 302 g/mol. The molecule has 0 bridgehead atoms. The number of benzene rings is 1. The molecule has 1 saturated heterocycles. The molecule has 0 spiro atoms. The minimum Gasteiger partial charge on any atom is -0.326 e. The van der Waals surface area contributed by atoms with Crippen molar-refractivity contribution in [3.63, 3.8) is 0 Å². The van der Waals surface area contributed by atoms with Crippen molar-refractivity contribution in [2.24, 2.45) is 0 Å². The summed E-state index contributed by atoms with van der Waals surface area (Å²) in [5, 5.41) is 0. The Morgan fingerprint density at radius 3 is 2.32 bits per heavy atom. The Morgan fingerprint density at radius 1 is 1.00 bits per heavy atom. The number of hydrogen-bond donors (Lipinski definition) is 0. The zero-order chi connectivity index (χ0) is 18.0. The lowest BCUT2D eigenvalue weighted by Gasteiger charge is -2.37. The number of likely N-dealkylation sites (N-methyl/N-ethyl adjacent to an activating group) is 1. The fourth-order valence-electron chi connectivity index (χ4n) is 4.22. The van der Waals surface area contributed by atoms with E-state index in [1.165, 1.54) is 99.5 Å². The average molecular weight is 343 g/mol. The highest BCUT2D eigenvalue weighted by Gasteiger charge is 2.24. The van der Waals surface area contributed by atoms with Crippen molar-refractivity contribution in [1.82, 2.24) is 0 Å². The van der Waals surface area contributed by atoms with Gasteiger partial charge in [-0.15, -0.1) is 6.58 Å². The monoisotopic (exact) mass is 342 g/mol. The van der Waals surface area contributed by atoms with Gasteiger partial charge in [-0.2, -0.15) is 0 Å². The largest absolute Gasteiger partial charge is 0.326 e. The molecule has 1 aliphatic rings. The van der Waals surface area contributed by atoms with E-state index in [4.69, 9.17) is 0 Å². The fourth-order valence-corrected chi connectivity index (χ4v) is 4.22. The summed E-state index contributed by atoms with van der Waals surface area (Å²) in [4.78, 5) is 0. The quantitative estimate of drug-likeness (QED) is 0.245. The first kappa shape index (κ1) is 20.2. The van der Waals surface area contributed by atoms with Crippen LogP contribution in [0.15, 0.2) is 36.9 Å². The van der Waals surface area contributed by atoms with Crippen molar-refractivity contribution in [3.05, 3.63) is 48.0 Å². The van der Waals surface area contributed by atoms with Crippen LogP contribution in [0.1, 0.15) is 81.8 Å². The SMILES string of the molecule is C=CC(CCCCCCC)c1ccc(CC[N+]2(C)CCCCC2)cc1. The molecule has 1 unspecified atom stereocenters. The Bertz CT molecular complexity index is 481. The molecule has 0 amide bonds. The van der Waals surface area contributed by atoms with Crippen LogP contribution in [-0.2, 0) is 6.42 Å². The van der Waals surface area contributed by atoms with Crippen LogP contribution < -0.4 is 0 Å². The minimum atomic E-state index is 0.530. The molecule has 0 saturated carbocycles. The molecule has 1 nitrogen and oxygen atoms in total. The van der Waals surface area contributed by atoms with Gasteiger partial charge in [0, 0.05) is 12.3 Å². The second-order valence-electron chi connectivity index (χ2n) is 8.39. The van der Waals surface area contributed by atoms with Gasteiger partial charge >= 0.3 is 0 Å². The van der Waals surface area contributed by atoms with Crippen LogP contribution in [0.5, 0.6) is 0 Å². The number of rotatable bonds is 11. The van der Waals surface area contributed by atoms with Crippen molar-refractivity contribution in [2.75, 3.05) is 26.7 Å². The van der Waals surface area contributed by atoms with E-state index in [0.29, 0.717) is 5.92 Å². The van der Waals surface area contributed by atoms with Gasteiger partial charge in [0.05, 0.1) is 26.7 Å². The first-order valence-corrected chi connectivity index (χ1v) is 10.7. The van der Waals surface area contributed by atoms with Crippen molar-refractivity contribution in [3.8, 4) is 0 Å². The molecule has 2 rings (SSSR count). The van der Waals surface area contributed by atoms with E-state index in [0.717, 1.165) is 0 Å². The fraction of sp³-hybridized carbons (Fsp3) is 0.667. The first-order chi connectivity index (χ1) is 12.2. The molecular formula is C24H40N+. The maximum absolute atomic E-state index is 4.08. The zero-order valence-corrected chi connectivity index (χ0v) is 16.8. The molecule has 140 valence electrons. The summed E-state index contributed by atoms with van der Waals surface area (Å²) in [7, 11) is 2.44. The summed E-state index contributed by atoms with van der Waals surface area (Å²) >= 11 is 0. The molecule has 1 aromatic rings. The van der Waals surface area contributed by atoms with Gasteiger partial charge in [-0.1, -0.05) is 69.4 Å². The molecule has 0 aromatic heterocycles. The lowest BCUT2D eigenvalue weighted by molar-refractivity contribution is -0.913. The maximum atomic E-state index is 4.08. The predicted octanol–water partition coefficient (Wildman–Crippen LogP) is 6.49. The van der Waals surface area contributed by atoms with Gasteiger partial charge in [-0.3, -0.25) is 0 Å². The van der Waals surface area contributed by atoms with E-state index in [-0.39, 0.29) is 0 Å².